The highest BCUT2D eigenvalue weighted by molar-refractivity contribution is 6.01. The third-order valence-electron chi connectivity index (χ3n) is 7.49. The van der Waals surface area contributed by atoms with E-state index in [0.29, 0.717) is 28.7 Å². The van der Waals surface area contributed by atoms with Crippen LogP contribution < -0.4 is 16.8 Å². The Labute approximate surface area is 224 Å². The lowest BCUT2D eigenvalue weighted by Gasteiger charge is -2.42. The molecule has 0 fully saturated rings. The van der Waals surface area contributed by atoms with E-state index in [0.717, 1.165) is 16.8 Å². The minimum absolute atomic E-state index is 0.0364. The van der Waals surface area contributed by atoms with Crippen LogP contribution in [0.2, 0.25) is 0 Å². The first kappa shape index (κ1) is 25.7. The van der Waals surface area contributed by atoms with Crippen LogP contribution in [-0.4, -0.2) is 22.8 Å². The van der Waals surface area contributed by atoms with E-state index in [1.54, 1.807) is 12.1 Å². The Morgan fingerprint density at radius 3 is 2.36 bits per heavy atom. The number of nitrogens with two attached hydrogens (primary N) is 2. The summed E-state index contributed by atoms with van der Waals surface area (Å²) in [5, 5.41) is 21.2. The molecule has 1 aliphatic heterocycles. The number of carboxylic acids is 1. The summed E-state index contributed by atoms with van der Waals surface area (Å²) in [4.78, 5) is 23.6. The summed E-state index contributed by atoms with van der Waals surface area (Å²) in [6.07, 6.45) is 0.484. The van der Waals surface area contributed by atoms with Crippen LogP contribution in [0, 0.1) is 11.2 Å². The highest BCUT2D eigenvalue weighted by atomic mass is 19.1. The highest BCUT2D eigenvalue weighted by Crippen LogP contribution is 2.49. The van der Waals surface area contributed by atoms with Crippen LogP contribution in [0.5, 0.6) is 0 Å². The summed E-state index contributed by atoms with van der Waals surface area (Å²) in [6, 6.07) is 23.7. The number of carbonyl (C=O) groups is 2. The zero-order valence-corrected chi connectivity index (χ0v) is 21.2. The van der Waals surface area contributed by atoms with Crippen LogP contribution in [-0.2, 0) is 5.41 Å². The second kappa shape index (κ2) is 9.72. The summed E-state index contributed by atoms with van der Waals surface area (Å²) >= 11 is 0. The van der Waals surface area contributed by atoms with Crippen LogP contribution >= 0.6 is 0 Å². The fraction of sp³-hybridized carbons (Fsp3) is 0.129. The zero-order chi connectivity index (χ0) is 27.9. The Kier molecular flexibility index (Phi) is 6.39. The molecule has 0 radical (unpaired) electrons. The molecule has 7 N–H and O–H groups in total. The number of aromatic carboxylic acids is 1. The Bertz CT molecular complexity index is 1640. The van der Waals surface area contributed by atoms with Crippen molar-refractivity contribution in [3.05, 3.63) is 124 Å². The first-order valence-electron chi connectivity index (χ1n) is 12.4. The minimum atomic E-state index is -1.22. The maximum absolute atomic E-state index is 15.4. The van der Waals surface area contributed by atoms with E-state index in [9.17, 15) is 14.7 Å². The number of hydrogen-bond donors (Lipinski definition) is 5. The van der Waals surface area contributed by atoms with Crippen LogP contribution in [0.4, 0.5) is 10.1 Å². The summed E-state index contributed by atoms with van der Waals surface area (Å²) in [5.74, 6) is -2.42. The van der Waals surface area contributed by atoms with Gasteiger partial charge in [-0.1, -0.05) is 49.4 Å². The van der Waals surface area contributed by atoms with Crippen molar-refractivity contribution in [2.75, 3.05) is 5.32 Å². The number of anilines is 1. The molecular formula is C31H27FN4O3. The van der Waals surface area contributed by atoms with Gasteiger partial charge in [-0.3, -0.25) is 10.2 Å². The van der Waals surface area contributed by atoms with Gasteiger partial charge in [0, 0.05) is 27.8 Å². The molecule has 4 aromatic rings. The van der Waals surface area contributed by atoms with E-state index in [1.165, 1.54) is 30.3 Å². The number of primary amides is 1. The van der Waals surface area contributed by atoms with Gasteiger partial charge in [-0.05, 0) is 71.1 Å². The Hall–Kier alpha value is -4.98. The molecular weight excluding hydrogens is 495 g/mol. The molecule has 2 atom stereocenters. The van der Waals surface area contributed by atoms with Gasteiger partial charge >= 0.3 is 5.97 Å². The molecule has 4 aromatic carbocycles. The topological polar surface area (TPSA) is 142 Å². The molecule has 0 bridgehead atoms. The maximum Gasteiger partial charge on any atom is 0.336 e. The van der Waals surface area contributed by atoms with Gasteiger partial charge in [0.2, 0.25) is 5.91 Å². The number of carboxylic acid groups (broad SMARTS) is 1. The number of rotatable bonds is 6. The molecule has 0 saturated carbocycles. The third-order valence-corrected chi connectivity index (χ3v) is 7.49. The second-order valence-corrected chi connectivity index (χ2v) is 9.94. The number of benzene rings is 4. The molecule has 7 nitrogen and oxygen atoms in total. The third kappa shape index (κ3) is 4.61. The molecule has 1 amide bonds. The van der Waals surface area contributed by atoms with Gasteiger partial charge in [-0.15, -0.1) is 0 Å². The largest absolute Gasteiger partial charge is 0.478 e. The van der Waals surface area contributed by atoms with Crippen molar-refractivity contribution >= 4 is 23.4 Å². The lowest BCUT2D eigenvalue weighted by atomic mass is 9.68. The predicted octanol–water partition coefficient (Wildman–Crippen LogP) is 5.44. The van der Waals surface area contributed by atoms with Gasteiger partial charge < -0.3 is 21.9 Å². The van der Waals surface area contributed by atoms with Crippen molar-refractivity contribution < 1.29 is 19.1 Å². The Morgan fingerprint density at radius 2 is 1.69 bits per heavy atom. The summed E-state index contributed by atoms with van der Waals surface area (Å²) in [6.45, 7) is 2.09. The molecule has 196 valence electrons. The fourth-order valence-electron chi connectivity index (χ4n) is 5.42. The van der Waals surface area contributed by atoms with E-state index in [4.69, 9.17) is 16.9 Å². The van der Waals surface area contributed by atoms with Gasteiger partial charge in [0.05, 0.1) is 11.6 Å². The van der Waals surface area contributed by atoms with E-state index in [2.05, 4.69) is 12.2 Å². The molecule has 8 heteroatoms. The van der Waals surface area contributed by atoms with Crippen molar-refractivity contribution in [3.8, 4) is 11.1 Å². The fourth-order valence-corrected chi connectivity index (χ4v) is 5.42. The van der Waals surface area contributed by atoms with Gasteiger partial charge in [0.15, 0.2) is 0 Å². The van der Waals surface area contributed by atoms with Crippen molar-refractivity contribution in [2.24, 2.45) is 11.5 Å². The Balaban J connectivity index is 1.64. The second-order valence-electron chi connectivity index (χ2n) is 9.94. The number of fused-ring (bicyclic) bond motifs is 1. The van der Waals surface area contributed by atoms with Crippen molar-refractivity contribution in [3.63, 3.8) is 0 Å². The van der Waals surface area contributed by atoms with Crippen LogP contribution in [0.15, 0.2) is 84.9 Å². The smallest absolute Gasteiger partial charge is 0.336 e. The molecule has 39 heavy (non-hydrogen) atoms. The molecule has 2 unspecified atom stereocenters. The summed E-state index contributed by atoms with van der Waals surface area (Å²) in [5.41, 5.74) is 15.2. The van der Waals surface area contributed by atoms with Gasteiger partial charge in [0.25, 0.3) is 0 Å². The van der Waals surface area contributed by atoms with Gasteiger partial charge in [0.1, 0.15) is 11.7 Å². The first-order valence-corrected chi connectivity index (χ1v) is 12.4. The number of nitrogens with one attached hydrogen (secondary N) is 2. The minimum Gasteiger partial charge on any atom is -0.478 e. The first-order chi connectivity index (χ1) is 18.6. The zero-order valence-electron chi connectivity index (χ0n) is 21.2. The quantitative estimate of drug-likeness (QED) is 0.169. The number of amidine groups is 1. The van der Waals surface area contributed by atoms with Crippen LogP contribution in [0.1, 0.15) is 62.4 Å². The molecule has 0 aromatic heterocycles. The maximum atomic E-state index is 15.4. The lowest BCUT2D eigenvalue weighted by molar-refractivity contribution is 0.0697. The summed E-state index contributed by atoms with van der Waals surface area (Å²) in [7, 11) is 0. The average Bonchev–Trinajstić information content (AvgIpc) is 2.93. The van der Waals surface area contributed by atoms with Crippen LogP contribution in [0.3, 0.4) is 0 Å². The van der Waals surface area contributed by atoms with Crippen molar-refractivity contribution in [1.82, 2.24) is 0 Å². The van der Waals surface area contributed by atoms with E-state index < -0.39 is 29.2 Å². The number of amides is 1. The standard InChI is InChI=1S/C31H27FN4O3/c1-31(20-5-3-2-4-6-20)16-27(36-26-12-9-18(28(33)34)15-24(26)31)23-13-17(8-11-25(23)32)21-10-7-19(29(35)37)14-22(21)30(38)39/h2-15,27,36H,16H2,1H3,(H3,33,34)(H2,35,37)(H,38,39). The van der Waals surface area contributed by atoms with E-state index in [-0.39, 0.29) is 17.0 Å². The van der Waals surface area contributed by atoms with Gasteiger partial charge in [-0.25, -0.2) is 9.18 Å². The number of halogens is 1. The molecule has 5 rings (SSSR count). The van der Waals surface area contributed by atoms with Crippen LogP contribution in [0.25, 0.3) is 11.1 Å². The molecule has 1 aliphatic rings. The summed E-state index contributed by atoms with van der Waals surface area (Å²) < 4.78 is 15.4. The number of nitrogen functional groups attached to an aromatic ring is 1. The molecule has 0 aliphatic carbocycles. The highest BCUT2D eigenvalue weighted by Gasteiger charge is 2.39. The van der Waals surface area contributed by atoms with E-state index in [1.807, 2.05) is 42.5 Å². The molecule has 0 spiro atoms. The lowest BCUT2D eigenvalue weighted by Crippen LogP contribution is -2.35. The number of hydrogen-bond acceptors (Lipinski definition) is 4. The average molecular weight is 523 g/mol. The van der Waals surface area contributed by atoms with E-state index >= 15 is 4.39 Å². The predicted molar refractivity (Wildman–Crippen MR) is 149 cm³/mol. The monoisotopic (exact) mass is 522 g/mol. The SMILES string of the molecule is CC1(c2ccccc2)CC(c2cc(-c3ccc(C(N)=O)cc3C(=O)O)ccc2F)Nc2ccc(C(=N)N)cc21. The van der Waals surface area contributed by atoms with Crippen molar-refractivity contribution in [1.29, 1.82) is 5.41 Å². The molecule has 0 saturated heterocycles. The number of carbonyl (C=O) groups excluding carboxylic acids is 1. The normalized spacial score (nSPS) is 18.1. The van der Waals surface area contributed by atoms with Gasteiger partial charge in [-0.2, -0.15) is 0 Å². The van der Waals surface area contributed by atoms with Crippen molar-refractivity contribution in [2.45, 2.75) is 24.8 Å². The molecule has 1 heterocycles. The Morgan fingerprint density at radius 1 is 0.974 bits per heavy atom.